The second-order valence-corrected chi connectivity index (χ2v) is 6.23. The molecule has 1 aromatic heterocycles. The maximum absolute atomic E-state index is 12.9. The van der Waals surface area contributed by atoms with Crippen LogP contribution in [-0.2, 0) is 11.2 Å². The van der Waals surface area contributed by atoms with Crippen molar-refractivity contribution in [1.82, 2.24) is 4.57 Å². The molecule has 24 heavy (non-hydrogen) atoms. The molecule has 0 saturated carbocycles. The Morgan fingerprint density at radius 1 is 1.12 bits per heavy atom. The first-order chi connectivity index (χ1) is 11.4. The lowest BCUT2D eigenvalue weighted by molar-refractivity contribution is -0.116. The molecule has 1 N–H and O–H groups in total. The van der Waals surface area contributed by atoms with E-state index in [1.54, 1.807) is 41.0 Å². The Morgan fingerprint density at radius 3 is 2.42 bits per heavy atom. The van der Waals surface area contributed by atoms with Crippen LogP contribution in [0.25, 0.3) is 10.9 Å². The van der Waals surface area contributed by atoms with E-state index in [9.17, 15) is 14.7 Å². The van der Waals surface area contributed by atoms with Crippen LogP contribution >= 0.6 is 11.6 Å². The van der Waals surface area contributed by atoms with Crippen molar-refractivity contribution < 1.29 is 14.7 Å². The van der Waals surface area contributed by atoms with Crippen LogP contribution in [-0.4, -0.2) is 21.4 Å². The lowest BCUT2D eigenvalue weighted by Gasteiger charge is -2.07. The molecule has 2 aromatic carbocycles. The Hall–Kier alpha value is -2.59. The summed E-state index contributed by atoms with van der Waals surface area (Å²) in [6.45, 7) is 3.32. The summed E-state index contributed by atoms with van der Waals surface area (Å²) in [5, 5.41) is 11.1. The Kier molecular flexibility index (Phi) is 4.16. The number of hydrogen-bond acceptors (Lipinski definition) is 3. The van der Waals surface area contributed by atoms with Crippen LogP contribution in [0.4, 0.5) is 0 Å². The standard InChI is InChI=1S/C19H16ClNO3/c1-11(22)9-16-12(2)21(18-8-7-15(23)10-17(16)18)19(24)13-3-5-14(20)6-4-13/h3-8,10,23H,9H2,1-2H3. The van der Waals surface area contributed by atoms with Crippen molar-refractivity contribution in [2.24, 2.45) is 0 Å². The number of carbonyl (C=O) groups is 2. The Labute approximate surface area is 144 Å². The summed E-state index contributed by atoms with van der Waals surface area (Å²) < 4.78 is 1.58. The monoisotopic (exact) mass is 341 g/mol. The topological polar surface area (TPSA) is 59.3 Å². The number of aromatic hydroxyl groups is 1. The predicted molar refractivity (Wildman–Crippen MR) is 93.9 cm³/mol. The number of carbonyl (C=O) groups excluding carboxylic acids is 2. The summed E-state index contributed by atoms with van der Waals surface area (Å²) in [5.74, 6) is -0.0995. The van der Waals surface area contributed by atoms with Crippen molar-refractivity contribution in [3.05, 3.63) is 64.3 Å². The molecule has 5 heteroatoms. The van der Waals surface area contributed by atoms with Crippen LogP contribution in [0.15, 0.2) is 42.5 Å². The average Bonchev–Trinajstić information content (AvgIpc) is 2.79. The number of Topliss-reactive ketones (excluding diaryl/α,β-unsaturated/α-hetero) is 1. The lowest BCUT2D eigenvalue weighted by atomic mass is 10.1. The summed E-state index contributed by atoms with van der Waals surface area (Å²) in [5.41, 5.74) is 2.63. The Morgan fingerprint density at radius 2 is 1.79 bits per heavy atom. The van der Waals surface area contributed by atoms with Crippen LogP contribution in [0.3, 0.4) is 0 Å². The largest absolute Gasteiger partial charge is 0.508 e. The molecule has 0 atom stereocenters. The Bertz CT molecular complexity index is 955. The van der Waals surface area contributed by atoms with Crippen molar-refractivity contribution in [3.8, 4) is 5.75 Å². The van der Waals surface area contributed by atoms with E-state index in [4.69, 9.17) is 11.6 Å². The summed E-state index contributed by atoms with van der Waals surface area (Å²) in [7, 11) is 0. The van der Waals surface area contributed by atoms with Gasteiger partial charge in [-0.2, -0.15) is 0 Å². The van der Waals surface area contributed by atoms with E-state index in [1.807, 2.05) is 6.92 Å². The second kappa shape index (κ2) is 6.13. The van der Waals surface area contributed by atoms with Gasteiger partial charge in [-0.05, 0) is 61.9 Å². The predicted octanol–water partition coefficient (Wildman–Crippen LogP) is 4.13. The number of phenols is 1. The van der Waals surface area contributed by atoms with Gasteiger partial charge in [0.2, 0.25) is 0 Å². The van der Waals surface area contributed by atoms with E-state index in [2.05, 4.69) is 0 Å². The molecule has 122 valence electrons. The Balaban J connectivity index is 2.24. The highest BCUT2D eigenvalue weighted by molar-refractivity contribution is 6.30. The molecule has 4 nitrogen and oxygen atoms in total. The molecule has 0 radical (unpaired) electrons. The third kappa shape index (κ3) is 2.81. The van der Waals surface area contributed by atoms with E-state index in [1.165, 1.54) is 13.0 Å². The third-order valence-electron chi connectivity index (χ3n) is 4.04. The minimum Gasteiger partial charge on any atom is -0.508 e. The van der Waals surface area contributed by atoms with Gasteiger partial charge in [0.05, 0.1) is 5.52 Å². The zero-order valence-electron chi connectivity index (χ0n) is 13.3. The molecule has 0 amide bonds. The number of aromatic nitrogens is 1. The number of phenolic OH excluding ortho intramolecular Hbond substituents is 1. The first-order valence-electron chi connectivity index (χ1n) is 7.51. The van der Waals surface area contributed by atoms with Crippen molar-refractivity contribution >= 4 is 34.2 Å². The molecule has 0 aliphatic rings. The van der Waals surface area contributed by atoms with Crippen molar-refractivity contribution in [3.63, 3.8) is 0 Å². The van der Waals surface area contributed by atoms with E-state index < -0.39 is 0 Å². The first-order valence-corrected chi connectivity index (χ1v) is 7.89. The molecular formula is C19H16ClNO3. The van der Waals surface area contributed by atoms with Crippen LogP contribution in [0.2, 0.25) is 5.02 Å². The molecule has 0 bridgehead atoms. The van der Waals surface area contributed by atoms with Crippen LogP contribution in [0.1, 0.15) is 28.5 Å². The SMILES string of the molecule is CC(=O)Cc1c(C)n(C(=O)c2ccc(Cl)cc2)c2ccc(O)cc12. The van der Waals surface area contributed by atoms with Crippen LogP contribution in [0.5, 0.6) is 5.75 Å². The maximum Gasteiger partial charge on any atom is 0.262 e. The van der Waals surface area contributed by atoms with Crippen molar-refractivity contribution in [2.45, 2.75) is 20.3 Å². The number of nitrogens with zero attached hydrogens (tertiary/aromatic N) is 1. The van der Waals surface area contributed by atoms with Crippen LogP contribution in [0, 0.1) is 6.92 Å². The van der Waals surface area contributed by atoms with Gasteiger partial charge in [0.15, 0.2) is 0 Å². The van der Waals surface area contributed by atoms with Gasteiger partial charge in [0.1, 0.15) is 11.5 Å². The van der Waals surface area contributed by atoms with Gasteiger partial charge in [0, 0.05) is 28.1 Å². The molecule has 0 spiro atoms. The number of fused-ring (bicyclic) bond motifs is 1. The number of benzene rings is 2. The smallest absolute Gasteiger partial charge is 0.262 e. The van der Waals surface area contributed by atoms with Gasteiger partial charge in [0.25, 0.3) is 5.91 Å². The summed E-state index contributed by atoms with van der Waals surface area (Å²) in [4.78, 5) is 24.6. The van der Waals surface area contributed by atoms with Crippen molar-refractivity contribution in [2.75, 3.05) is 0 Å². The average molecular weight is 342 g/mol. The van der Waals surface area contributed by atoms with E-state index in [0.29, 0.717) is 27.2 Å². The molecule has 1 heterocycles. The molecule has 3 aromatic rings. The fourth-order valence-electron chi connectivity index (χ4n) is 2.93. The minimum absolute atomic E-state index is 0.000523. The van der Waals surface area contributed by atoms with Gasteiger partial charge in [-0.15, -0.1) is 0 Å². The van der Waals surface area contributed by atoms with Crippen LogP contribution < -0.4 is 0 Å². The normalized spacial score (nSPS) is 11.0. The third-order valence-corrected chi connectivity index (χ3v) is 4.29. The molecule has 0 fully saturated rings. The highest BCUT2D eigenvalue weighted by atomic mass is 35.5. The zero-order chi connectivity index (χ0) is 17.4. The first kappa shape index (κ1) is 16.3. The van der Waals surface area contributed by atoms with Gasteiger partial charge < -0.3 is 5.11 Å². The molecule has 0 unspecified atom stereocenters. The maximum atomic E-state index is 12.9. The number of hydrogen-bond donors (Lipinski definition) is 1. The van der Waals surface area contributed by atoms with Gasteiger partial charge in [-0.1, -0.05) is 11.6 Å². The second-order valence-electron chi connectivity index (χ2n) is 5.79. The summed E-state index contributed by atoms with van der Waals surface area (Å²) >= 11 is 5.88. The number of halogens is 1. The molecule has 0 saturated heterocycles. The lowest BCUT2D eigenvalue weighted by Crippen LogP contribution is -2.14. The zero-order valence-corrected chi connectivity index (χ0v) is 14.1. The van der Waals surface area contributed by atoms with Crippen molar-refractivity contribution in [1.29, 1.82) is 0 Å². The van der Waals surface area contributed by atoms with Gasteiger partial charge in [-0.3, -0.25) is 14.2 Å². The van der Waals surface area contributed by atoms with Gasteiger partial charge >= 0.3 is 0 Å². The molecular weight excluding hydrogens is 326 g/mol. The fourth-order valence-corrected chi connectivity index (χ4v) is 3.05. The highest BCUT2D eigenvalue weighted by Crippen LogP contribution is 2.30. The van der Waals surface area contributed by atoms with Gasteiger partial charge in [-0.25, -0.2) is 0 Å². The molecule has 3 rings (SSSR count). The van der Waals surface area contributed by atoms with E-state index >= 15 is 0 Å². The number of rotatable bonds is 3. The molecule has 0 aliphatic carbocycles. The van der Waals surface area contributed by atoms with E-state index in [-0.39, 0.29) is 23.9 Å². The fraction of sp³-hybridized carbons (Fsp3) is 0.158. The number of ketones is 1. The quantitative estimate of drug-likeness (QED) is 0.779. The highest BCUT2D eigenvalue weighted by Gasteiger charge is 2.20. The molecule has 0 aliphatic heterocycles. The minimum atomic E-state index is -0.199. The van der Waals surface area contributed by atoms with E-state index in [0.717, 1.165) is 5.56 Å². The summed E-state index contributed by atoms with van der Waals surface area (Å²) in [6, 6.07) is 11.5. The summed E-state index contributed by atoms with van der Waals surface area (Å²) in [6.07, 6.45) is 0.215.